The van der Waals surface area contributed by atoms with Crippen molar-refractivity contribution in [2.45, 2.75) is 45.2 Å². The Balaban J connectivity index is 1.93. The van der Waals surface area contributed by atoms with Crippen LogP contribution in [0.2, 0.25) is 0 Å². The van der Waals surface area contributed by atoms with Gasteiger partial charge in [-0.1, -0.05) is 5.16 Å². The molecule has 1 unspecified atom stereocenters. The minimum atomic E-state index is -1.08. The topological polar surface area (TPSA) is 109 Å². The summed E-state index contributed by atoms with van der Waals surface area (Å²) in [4.78, 5) is 28.3. The van der Waals surface area contributed by atoms with Crippen LogP contribution in [0.1, 0.15) is 44.3 Å². The first-order valence-corrected chi connectivity index (χ1v) is 6.62. The first-order valence-electron chi connectivity index (χ1n) is 6.62. The van der Waals surface area contributed by atoms with Crippen LogP contribution in [-0.4, -0.2) is 44.7 Å². The molecule has 1 heterocycles. The molecule has 8 heteroatoms. The number of rotatable bonds is 6. The number of urea groups is 1. The molecule has 2 amide bonds. The van der Waals surface area contributed by atoms with Crippen LogP contribution in [0.5, 0.6) is 0 Å². The maximum absolute atomic E-state index is 11.9. The van der Waals surface area contributed by atoms with Crippen LogP contribution in [0.4, 0.5) is 4.79 Å². The van der Waals surface area contributed by atoms with Gasteiger partial charge in [-0.15, -0.1) is 0 Å². The second-order valence-corrected chi connectivity index (χ2v) is 4.85. The molecule has 20 heavy (non-hydrogen) atoms. The predicted molar refractivity (Wildman–Crippen MR) is 68.0 cm³/mol. The monoisotopic (exact) mass is 282 g/mol. The van der Waals surface area contributed by atoms with E-state index < -0.39 is 18.0 Å². The molecule has 0 spiro atoms. The lowest BCUT2D eigenvalue weighted by molar-refractivity contribution is -0.138. The van der Waals surface area contributed by atoms with Gasteiger partial charge < -0.3 is 19.8 Å². The minimum Gasteiger partial charge on any atom is -0.480 e. The van der Waals surface area contributed by atoms with Crippen LogP contribution < -0.4 is 5.32 Å². The molecule has 0 aliphatic heterocycles. The Kier molecular flexibility index (Phi) is 4.21. The molecule has 110 valence electrons. The minimum absolute atomic E-state index is 0.199. The summed E-state index contributed by atoms with van der Waals surface area (Å²) < 4.78 is 5.12. The Morgan fingerprint density at radius 1 is 1.55 bits per heavy atom. The number of hydrogen-bond donors (Lipinski definition) is 2. The zero-order chi connectivity index (χ0) is 14.7. The third-order valence-electron chi connectivity index (χ3n) is 3.12. The predicted octanol–water partition coefficient (Wildman–Crippen LogP) is 0.952. The molecule has 1 saturated carbocycles. The molecule has 1 aliphatic rings. The van der Waals surface area contributed by atoms with Crippen LogP contribution in [0, 0.1) is 0 Å². The van der Waals surface area contributed by atoms with Gasteiger partial charge in [0.15, 0.2) is 5.82 Å². The van der Waals surface area contributed by atoms with E-state index in [1.54, 1.807) is 6.92 Å². The van der Waals surface area contributed by atoms with Gasteiger partial charge in [0.05, 0.1) is 6.54 Å². The van der Waals surface area contributed by atoms with Gasteiger partial charge in [-0.25, -0.2) is 4.79 Å². The summed E-state index contributed by atoms with van der Waals surface area (Å²) in [6, 6.07) is -1.40. The average molecular weight is 282 g/mol. The number of carboxylic acid groups (broad SMARTS) is 1. The average Bonchev–Trinajstić information content (AvgIpc) is 3.15. The molecule has 0 saturated heterocycles. The normalized spacial score (nSPS) is 15.7. The van der Waals surface area contributed by atoms with Crippen molar-refractivity contribution in [2.75, 3.05) is 6.54 Å². The van der Waals surface area contributed by atoms with Crippen LogP contribution in [-0.2, 0) is 11.3 Å². The molecular formula is C12H18N4O4. The maximum atomic E-state index is 11.9. The van der Waals surface area contributed by atoms with Crippen LogP contribution in [0.25, 0.3) is 0 Å². The Bertz CT molecular complexity index is 497. The van der Waals surface area contributed by atoms with E-state index in [9.17, 15) is 9.59 Å². The van der Waals surface area contributed by atoms with Crippen molar-refractivity contribution >= 4 is 12.0 Å². The summed E-state index contributed by atoms with van der Waals surface area (Å²) in [6.45, 7) is 3.83. The highest BCUT2D eigenvalue weighted by Gasteiger charge is 2.30. The van der Waals surface area contributed by atoms with Gasteiger partial charge in [0.25, 0.3) is 0 Å². The summed E-state index contributed by atoms with van der Waals surface area (Å²) in [5, 5.41) is 15.0. The quantitative estimate of drug-likeness (QED) is 0.804. The Hall–Kier alpha value is -2.12. The van der Waals surface area contributed by atoms with Crippen molar-refractivity contribution in [3.05, 3.63) is 11.7 Å². The summed E-state index contributed by atoms with van der Waals surface area (Å²) in [7, 11) is 0. The summed E-state index contributed by atoms with van der Waals surface area (Å²) in [5.41, 5.74) is 0. The molecule has 2 N–H and O–H groups in total. The van der Waals surface area contributed by atoms with Crippen LogP contribution >= 0.6 is 0 Å². The number of carboxylic acids is 1. The number of nitrogens with one attached hydrogen (secondary N) is 1. The van der Waals surface area contributed by atoms with Gasteiger partial charge >= 0.3 is 12.0 Å². The second kappa shape index (κ2) is 5.89. The molecule has 1 aromatic rings. The zero-order valence-electron chi connectivity index (χ0n) is 11.5. The van der Waals surface area contributed by atoms with E-state index in [2.05, 4.69) is 15.5 Å². The number of nitrogens with zero attached hydrogens (tertiary/aromatic N) is 3. The second-order valence-electron chi connectivity index (χ2n) is 4.85. The van der Waals surface area contributed by atoms with Crippen molar-refractivity contribution in [3.8, 4) is 0 Å². The standard InChI is InChI=1S/C12H18N4O4/c1-3-16(12(19)13-7(2)11(17)18)6-9-14-10(20-15-9)8-4-5-8/h7-8H,3-6H2,1-2H3,(H,13,19)(H,17,18). The first kappa shape index (κ1) is 14.3. The Morgan fingerprint density at radius 2 is 2.25 bits per heavy atom. The van der Waals surface area contributed by atoms with E-state index in [-0.39, 0.29) is 6.54 Å². The lowest BCUT2D eigenvalue weighted by atomic mass is 10.3. The molecule has 1 aliphatic carbocycles. The molecule has 0 aromatic carbocycles. The van der Waals surface area contributed by atoms with Crippen molar-refractivity contribution in [1.82, 2.24) is 20.4 Å². The van der Waals surface area contributed by atoms with E-state index in [1.807, 2.05) is 0 Å². The lowest BCUT2D eigenvalue weighted by Crippen LogP contribution is -2.46. The number of amides is 2. The highest BCUT2D eigenvalue weighted by Crippen LogP contribution is 2.38. The van der Waals surface area contributed by atoms with Gasteiger partial charge in [-0.2, -0.15) is 4.98 Å². The number of carbonyl (C=O) groups is 2. The largest absolute Gasteiger partial charge is 0.480 e. The number of hydrogen-bond acceptors (Lipinski definition) is 5. The first-order chi connectivity index (χ1) is 9.51. The van der Waals surface area contributed by atoms with Gasteiger partial charge in [0, 0.05) is 12.5 Å². The van der Waals surface area contributed by atoms with E-state index >= 15 is 0 Å². The molecule has 0 bridgehead atoms. The number of aliphatic carboxylic acids is 1. The molecule has 1 fully saturated rings. The smallest absolute Gasteiger partial charge is 0.325 e. The van der Waals surface area contributed by atoms with Gasteiger partial charge in [-0.05, 0) is 26.7 Å². The Labute approximate surface area is 116 Å². The maximum Gasteiger partial charge on any atom is 0.325 e. The number of carbonyl (C=O) groups excluding carboxylic acids is 1. The Morgan fingerprint density at radius 3 is 2.80 bits per heavy atom. The van der Waals surface area contributed by atoms with E-state index in [4.69, 9.17) is 9.63 Å². The zero-order valence-corrected chi connectivity index (χ0v) is 11.5. The summed E-state index contributed by atoms with van der Waals surface area (Å²) in [5.74, 6) is 0.347. The van der Waals surface area contributed by atoms with Crippen LogP contribution in [0.15, 0.2) is 4.52 Å². The van der Waals surface area contributed by atoms with Crippen molar-refractivity contribution < 1.29 is 19.2 Å². The van der Waals surface area contributed by atoms with E-state index in [0.717, 1.165) is 12.8 Å². The molecular weight excluding hydrogens is 264 g/mol. The highest BCUT2D eigenvalue weighted by atomic mass is 16.5. The third-order valence-corrected chi connectivity index (χ3v) is 3.12. The van der Waals surface area contributed by atoms with Crippen LogP contribution in [0.3, 0.4) is 0 Å². The molecule has 2 rings (SSSR count). The summed E-state index contributed by atoms with van der Waals surface area (Å²) in [6.07, 6.45) is 2.13. The SMILES string of the molecule is CCN(Cc1noc(C2CC2)n1)C(=O)NC(C)C(=O)O. The molecule has 8 nitrogen and oxygen atoms in total. The lowest BCUT2D eigenvalue weighted by Gasteiger charge is -2.21. The van der Waals surface area contributed by atoms with Gasteiger partial charge in [0.2, 0.25) is 5.89 Å². The third kappa shape index (κ3) is 3.46. The van der Waals surface area contributed by atoms with E-state index in [1.165, 1.54) is 11.8 Å². The highest BCUT2D eigenvalue weighted by molar-refractivity contribution is 5.82. The molecule has 1 atom stereocenters. The fraction of sp³-hybridized carbons (Fsp3) is 0.667. The van der Waals surface area contributed by atoms with Gasteiger partial charge in [0.1, 0.15) is 6.04 Å². The van der Waals surface area contributed by atoms with Crippen molar-refractivity contribution in [3.63, 3.8) is 0 Å². The fourth-order valence-corrected chi connectivity index (χ4v) is 1.66. The van der Waals surface area contributed by atoms with E-state index in [0.29, 0.717) is 24.2 Å². The fourth-order valence-electron chi connectivity index (χ4n) is 1.66. The molecule has 0 radical (unpaired) electrons. The van der Waals surface area contributed by atoms with Crippen molar-refractivity contribution in [1.29, 1.82) is 0 Å². The van der Waals surface area contributed by atoms with Gasteiger partial charge in [-0.3, -0.25) is 4.79 Å². The summed E-state index contributed by atoms with van der Waals surface area (Å²) >= 11 is 0. The molecule has 1 aromatic heterocycles. The number of aromatic nitrogens is 2. The van der Waals surface area contributed by atoms with Crippen molar-refractivity contribution in [2.24, 2.45) is 0 Å².